The van der Waals surface area contributed by atoms with E-state index in [1.807, 2.05) is 36.1 Å². The minimum atomic E-state index is -0.0957. The van der Waals surface area contributed by atoms with Gasteiger partial charge in [0.05, 0.1) is 18.8 Å². The van der Waals surface area contributed by atoms with Crippen LogP contribution in [0.25, 0.3) is 0 Å². The second kappa shape index (κ2) is 6.74. The van der Waals surface area contributed by atoms with Crippen molar-refractivity contribution in [1.82, 2.24) is 0 Å². The van der Waals surface area contributed by atoms with E-state index in [2.05, 4.69) is 5.32 Å². The summed E-state index contributed by atoms with van der Waals surface area (Å²) in [5.41, 5.74) is 3.28. The molecular formula is C19H20N2O3. The lowest BCUT2D eigenvalue weighted by molar-refractivity contribution is -0.115. The highest BCUT2D eigenvalue weighted by Crippen LogP contribution is 2.32. The fraction of sp³-hybridized carbons (Fsp3) is 0.263. The molecule has 0 unspecified atom stereocenters. The maximum absolute atomic E-state index is 12.4. The molecule has 0 saturated carbocycles. The standard InChI is InChI=1S/C19H20N2O3/c1-13-4-3-5-16(10-13)20-19(23)12-21-8-9-24-18-7-6-15(14(2)22)11-17(18)21/h3-7,10-11H,8-9,12H2,1-2H3,(H,20,23). The number of aryl methyl sites for hydroxylation is 1. The Balaban J connectivity index is 1.75. The lowest BCUT2D eigenvalue weighted by atomic mass is 10.1. The Hall–Kier alpha value is -2.82. The van der Waals surface area contributed by atoms with E-state index in [1.54, 1.807) is 18.2 Å². The summed E-state index contributed by atoms with van der Waals surface area (Å²) in [5.74, 6) is 0.601. The minimum Gasteiger partial charge on any atom is -0.490 e. The number of ketones is 1. The van der Waals surface area contributed by atoms with Crippen LogP contribution in [0.3, 0.4) is 0 Å². The highest BCUT2D eigenvalue weighted by Gasteiger charge is 2.21. The molecule has 0 aliphatic carbocycles. The number of Topliss-reactive ketones (excluding diaryl/α,β-unsaturated/α-hetero) is 1. The first-order chi connectivity index (χ1) is 11.5. The van der Waals surface area contributed by atoms with Crippen LogP contribution < -0.4 is 15.0 Å². The van der Waals surface area contributed by atoms with Gasteiger partial charge >= 0.3 is 0 Å². The fourth-order valence-electron chi connectivity index (χ4n) is 2.75. The third kappa shape index (κ3) is 3.56. The van der Waals surface area contributed by atoms with Gasteiger partial charge in [-0.3, -0.25) is 9.59 Å². The van der Waals surface area contributed by atoms with Gasteiger partial charge in [0.1, 0.15) is 12.4 Å². The van der Waals surface area contributed by atoms with Crippen molar-refractivity contribution in [2.75, 3.05) is 29.9 Å². The molecule has 1 aliphatic rings. The Morgan fingerprint density at radius 1 is 1.21 bits per heavy atom. The third-order valence-corrected chi connectivity index (χ3v) is 3.96. The summed E-state index contributed by atoms with van der Waals surface area (Å²) in [4.78, 5) is 25.9. The molecule has 0 spiro atoms. The molecule has 2 aromatic carbocycles. The van der Waals surface area contributed by atoms with E-state index < -0.39 is 0 Å². The molecule has 5 heteroatoms. The molecule has 124 valence electrons. The monoisotopic (exact) mass is 324 g/mol. The lowest BCUT2D eigenvalue weighted by Crippen LogP contribution is -2.39. The van der Waals surface area contributed by atoms with Crippen molar-refractivity contribution in [3.63, 3.8) is 0 Å². The van der Waals surface area contributed by atoms with Crippen LogP contribution in [0.2, 0.25) is 0 Å². The van der Waals surface area contributed by atoms with Gasteiger partial charge in [-0.15, -0.1) is 0 Å². The van der Waals surface area contributed by atoms with E-state index in [1.165, 1.54) is 6.92 Å². The van der Waals surface area contributed by atoms with E-state index in [0.29, 0.717) is 24.5 Å². The minimum absolute atomic E-state index is 0.00691. The summed E-state index contributed by atoms with van der Waals surface area (Å²) in [6.45, 7) is 4.85. The number of carbonyl (C=O) groups is 2. The van der Waals surface area contributed by atoms with Gasteiger partial charge in [-0.2, -0.15) is 0 Å². The van der Waals surface area contributed by atoms with Crippen molar-refractivity contribution in [3.05, 3.63) is 53.6 Å². The van der Waals surface area contributed by atoms with E-state index >= 15 is 0 Å². The summed E-state index contributed by atoms with van der Waals surface area (Å²) in [6, 6.07) is 13.0. The van der Waals surface area contributed by atoms with Gasteiger partial charge < -0.3 is 15.0 Å². The average Bonchev–Trinajstić information content (AvgIpc) is 2.54. The Morgan fingerprint density at radius 2 is 2.04 bits per heavy atom. The predicted octanol–water partition coefficient (Wildman–Crippen LogP) is 3.04. The van der Waals surface area contributed by atoms with Crippen LogP contribution in [0.1, 0.15) is 22.8 Å². The van der Waals surface area contributed by atoms with E-state index in [9.17, 15) is 9.59 Å². The number of benzene rings is 2. The highest BCUT2D eigenvalue weighted by molar-refractivity contribution is 5.97. The number of hydrogen-bond donors (Lipinski definition) is 1. The summed E-state index contributed by atoms with van der Waals surface area (Å²) in [7, 11) is 0. The summed E-state index contributed by atoms with van der Waals surface area (Å²) >= 11 is 0. The maximum Gasteiger partial charge on any atom is 0.243 e. The summed E-state index contributed by atoms with van der Waals surface area (Å²) in [5, 5.41) is 2.91. The zero-order chi connectivity index (χ0) is 17.1. The number of rotatable bonds is 4. The van der Waals surface area contributed by atoms with Crippen molar-refractivity contribution in [2.45, 2.75) is 13.8 Å². The zero-order valence-corrected chi connectivity index (χ0v) is 13.8. The molecule has 1 aliphatic heterocycles. The molecule has 1 heterocycles. The van der Waals surface area contributed by atoms with Crippen molar-refractivity contribution in [2.24, 2.45) is 0 Å². The Kier molecular flexibility index (Phi) is 4.51. The van der Waals surface area contributed by atoms with Crippen molar-refractivity contribution in [1.29, 1.82) is 0 Å². The van der Waals surface area contributed by atoms with Crippen LogP contribution >= 0.6 is 0 Å². The maximum atomic E-state index is 12.4. The molecule has 1 N–H and O–H groups in total. The molecule has 0 bridgehead atoms. The van der Waals surface area contributed by atoms with E-state index in [-0.39, 0.29) is 18.2 Å². The van der Waals surface area contributed by atoms with Crippen LogP contribution in [0.15, 0.2) is 42.5 Å². The number of fused-ring (bicyclic) bond motifs is 1. The second-order valence-electron chi connectivity index (χ2n) is 5.93. The van der Waals surface area contributed by atoms with Crippen molar-refractivity contribution < 1.29 is 14.3 Å². The lowest BCUT2D eigenvalue weighted by Gasteiger charge is -2.31. The second-order valence-corrected chi connectivity index (χ2v) is 5.93. The number of anilines is 2. The van der Waals surface area contributed by atoms with Crippen LogP contribution in [-0.2, 0) is 4.79 Å². The number of amides is 1. The number of carbonyl (C=O) groups excluding carboxylic acids is 2. The first-order valence-electron chi connectivity index (χ1n) is 7.92. The molecule has 0 saturated heterocycles. The Labute approximate surface area is 141 Å². The molecule has 0 fully saturated rings. The van der Waals surface area contributed by atoms with Gasteiger partial charge in [-0.05, 0) is 49.7 Å². The molecule has 0 aromatic heterocycles. The van der Waals surface area contributed by atoms with Gasteiger partial charge in [0, 0.05) is 11.3 Å². The van der Waals surface area contributed by atoms with Gasteiger partial charge in [0.2, 0.25) is 5.91 Å². The smallest absolute Gasteiger partial charge is 0.243 e. The highest BCUT2D eigenvalue weighted by atomic mass is 16.5. The quantitative estimate of drug-likeness (QED) is 0.878. The molecule has 3 rings (SSSR count). The van der Waals surface area contributed by atoms with E-state index in [4.69, 9.17) is 4.74 Å². The average molecular weight is 324 g/mol. The molecule has 2 aromatic rings. The summed E-state index contributed by atoms with van der Waals surface area (Å²) < 4.78 is 5.62. The first-order valence-corrected chi connectivity index (χ1v) is 7.92. The number of nitrogens with zero attached hydrogens (tertiary/aromatic N) is 1. The third-order valence-electron chi connectivity index (χ3n) is 3.96. The van der Waals surface area contributed by atoms with Gasteiger partial charge in [0.25, 0.3) is 0 Å². The summed E-state index contributed by atoms with van der Waals surface area (Å²) in [6.07, 6.45) is 0. The first kappa shape index (κ1) is 16.1. The van der Waals surface area contributed by atoms with E-state index in [0.717, 1.165) is 16.9 Å². The van der Waals surface area contributed by atoms with Crippen molar-refractivity contribution in [3.8, 4) is 5.75 Å². The van der Waals surface area contributed by atoms with Crippen molar-refractivity contribution >= 4 is 23.1 Å². The van der Waals surface area contributed by atoms with Crippen LogP contribution in [0, 0.1) is 6.92 Å². The number of ether oxygens (including phenoxy) is 1. The normalized spacial score (nSPS) is 13.0. The zero-order valence-electron chi connectivity index (χ0n) is 13.8. The van der Waals surface area contributed by atoms with Crippen LogP contribution in [-0.4, -0.2) is 31.4 Å². The SMILES string of the molecule is CC(=O)c1ccc2c(c1)N(CC(=O)Nc1cccc(C)c1)CCO2. The number of nitrogens with one attached hydrogen (secondary N) is 1. The topological polar surface area (TPSA) is 58.6 Å². The Bertz CT molecular complexity index is 786. The van der Waals surface area contributed by atoms with Crippen LogP contribution in [0.5, 0.6) is 5.75 Å². The molecule has 0 atom stereocenters. The molecule has 5 nitrogen and oxygen atoms in total. The molecule has 24 heavy (non-hydrogen) atoms. The number of hydrogen-bond acceptors (Lipinski definition) is 4. The Morgan fingerprint density at radius 3 is 2.79 bits per heavy atom. The fourth-order valence-corrected chi connectivity index (χ4v) is 2.75. The van der Waals surface area contributed by atoms with Gasteiger partial charge in [-0.1, -0.05) is 12.1 Å². The van der Waals surface area contributed by atoms with Gasteiger partial charge in [-0.25, -0.2) is 0 Å². The molecular weight excluding hydrogens is 304 g/mol. The predicted molar refractivity (Wildman–Crippen MR) is 94.0 cm³/mol. The van der Waals surface area contributed by atoms with Gasteiger partial charge in [0.15, 0.2) is 5.78 Å². The molecule has 1 amide bonds. The molecule has 0 radical (unpaired) electrons. The largest absolute Gasteiger partial charge is 0.490 e. The van der Waals surface area contributed by atoms with Crippen LogP contribution in [0.4, 0.5) is 11.4 Å².